The lowest BCUT2D eigenvalue weighted by Gasteiger charge is -2.33. The van der Waals surface area contributed by atoms with Gasteiger partial charge in [0.1, 0.15) is 5.75 Å². The molecule has 0 radical (unpaired) electrons. The molecule has 0 spiro atoms. The first kappa shape index (κ1) is 31.7. The van der Waals surface area contributed by atoms with Crippen molar-refractivity contribution in [2.45, 2.75) is 51.8 Å². The van der Waals surface area contributed by atoms with E-state index in [0.717, 1.165) is 43.7 Å². The van der Waals surface area contributed by atoms with Crippen LogP contribution in [-0.4, -0.2) is 43.4 Å². The average molecular weight is 605 g/mol. The summed E-state index contributed by atoms with van der Waals surface area (Å²) in [5, 5.41) is 4.91. The van der Waals surface area contributed by atoms with Gasteiger partial charge in [-0.3, -0.25) is 14.1 Å². The van der Waals surface area contributed by atoms with Gasteiger partial charge in [0.25, 0.3) is 16.0 Å². The van der Waals surface area contributed by atoms with Gasteiger partial charge >= 0.3 is 6.36 Å². The first-order valence-corrected chi connectivity index (χ1v) is 14.9. The predicted molar refractivity (Wildman–Crippen MR) is 145 cm³/mol. The summed E-state index contributed by atoms with van der Waals surface area (Å²) in [7, 11) is -4.19. The molecular formula is C27H32ClF3N2O6S. The minimum absolute atomic E-state index is 0.0921. The third kappa shape index (κ3) is 9.97. The molecule has 1 fully saturated rings. The Kier molecular flexibility index (Phi) is 10.8. The number of anilines is 1. The molecule has 40 heavy (non-hydrogen) atoms. The molecule has 3 rings (SSSR count). The molecule has 1 saturated carbocycles. The second-order valence-corrected chi connectivity index (χ2v) is 11.9. The fraction of sp³-hybridized carbons (Fsp3) is 0.481. The highest BCUT2D eigenvalue weighted by Gasteiger charge is 2.33. The molecule has 1 unspecified atom stereocenters. The lowest BCUT2D eigenvalue weighted by atomic mass is 9.73. The third-order valence-electron chi connectivity index (χ3n) is 7.12. The Labute approximate surface area is 236 Å². The van der Waals surface area contributed by atoms with E-state index >= 15 is 0 Å². The molecule has 1 aliphatic carbocycles. The predicted octanol–water partition coefficient (Wildman–Crippen LogP) is 5.87. The third-order valence-corrected chi connectivity index (χ3v) is 8.13. The van der Waals surface area contributed by atoms with Crippen molar-refractivity contribution >= 4 is 39.2 Å². The van der Waals surface area contributed by atoms with Crippen molar-refractivity contribution in [2.24, 2.45) is 17.8 Å². The van der Waals surface area contributed by atoms with Crippen molar-refractivity contribution in [2.75, 3.05) is 17.6 Å². The Morgan fingerprint density at radius 1 is 1.10 bits per heavy atom. The molecule has 2 amide bonds. The maximum absolute atomic E-state index is 13.5. The molecule has 13 heteroatoms. The molecule has 8 nitrogen and oxygen atoms in total. The van der Waals surface area contributed by atoms with Gasteiger partial charge in [-0.25, -0.2) is 0 Å². The number of hydrogen-bond donors (Lipinski definition) is 3. The number of alkyl halides is 3. The van der Waals surface area contributed by atoms with Crippen LogP contribution in [0.3, 0.4) is 0 Å². The fourth-order valence-electron chi connectivity index (χ4n) is 4.94. The zero-order chi connectivity index (χ0) is 29.5. The van der Waals surface area contributed by atoms with Crippen LogP contribution in [0.15, 0.2) is 42.5 Å². The SMILES string of the molecule is CCC1CCC(C(Cc2ccc(C(=O)NCCS(=O)(=O)O)cc2)C(=O)Nc2ccc(OC(F)(F)F)c(Cl)c2)CC1. The number of halogens is 4. The van der Waals surface area contributed by atoms with Crippen molar-refractivity contribution in [1.29, 1.82) is 0 Å². The number of carbonyl (C=O) groups is 2. The highest BCUT2D eigenvalue weighted by Crippen LogP contribution is 2.37. The Balaban J connectivity index is 1.72. The van der Waals surface area contributed by atoms with E-state index in [1.807, 2.05) is 0 Å². The van der Waals surface area contributed by atoms with Crippen LogP contribution in [0.25, 0.3) is 0 Å². The number of nitrogens with one attached hydrogen (secondary N) is 2. The summed E-state index contributed by atoms with van der Waals surface area (Å²) in [6.45, 7) is 1.90. The van der Waals surface area contributed by atoms with E-state index in [4.69, 9.17) is 16.2 Å². The maximum Gasteiger partial charge on any atom is 0.573 e. The van der Waals surface area contributed by atoms with Gasteiger partial charge in [0, 0.05) is 23.7 Å². The maximum atomic E-state index is 13.5. The van der Waals surface area contributed by atoms with E-state index in [9.17, 15) is 31.2 Å². The van der Waals surface area contributed by atoms with Crippen LogP contribution in [0.2, 0.25) is 5.02 Å². The summed E-state index contributed by atoms with van der Waals surface area (Å²) in [5.74, 6) is -1.68. The van der Waals surface area contributed by atoms with E-state index in [0.29, 0.717) is 17.9 Å². The lowest BCUT2D eigenvalue weighted by molar-refractivity contribution is -0.274. The lowest BCUT2D eigenvalue weighted by Crippen LogP contribution is -2.33. The summed E-state index contributed by atoms with van der Waals surface area (Å²) in [6, 6.07) is 10.1. The molecular weight excluding hydrogens is 573 g/mol. The van der Waals surface area contributed by atoms with E-state index < -0.39 is 39.8 Å². The zero-order valence-corrected chi connectivity index (χ0v) is 23.4. The van der Waals surface area contributed by atoms with E-state index in [-0.39, 0.29) is 29.1 Å². The minimum Gasteiger partial charge on any atom is -0.404 e. The monoisotopic (exact) mass is 604 g/mol. The molecule has 2 aromatic carbocycles. The number of amides is 2. The second-order valence-electron chi connectivity index (χ2n) is 9.92. The largest absolute Gasteiger partial charge is 0.573 e. The highest BCUT2D eigenvalue weighted by molar-refractivity contribution is 7.85. The van der Waals surface area contributed by atoms with Gasteiger partial charge in [-0.15, -0.1) is 13.2 Å². The molecule has 0 aliphatic heterocycles. The van der Waals surface area contributed by atoms with Crippen LogP contribution in [0.4, 0.5) is 18.9 Å². The van der Waals surface area contributed by atoms with E-state index in [2.05, 4.69) is 22.3 Å². The molecule has 220 valence electrons. The average Bonchev–Trinajstić information content (AvgIpc) is 2.88. The summed E-state index contributed by atoms with van der Waals surface area (Å²) in [4.78, 5) is 25.7. The van der Waals surface area contributed by atoms with Gasteiger partial charge in [0.05, 0.1) is 10.8 Å². The van der Waals surface area contributed by atoms with Crippen molar-refractivity contribution in [1.82, 2.24) is 5.32 Å². The molecule has 2 aromatic rings. The minimum atomic E-state index is -4.90. The van der Waals surface area contributed by atoms with Gasteiger partial charge in [0.2, 0.25) is 5.91 Å². The molecule has 0 aromatic heterocycles. The number of rotatable bonds is 11. The van der Waals surface area contributed by atoms with Gasteiger partial charge in [-0.05, 0) is 67.0 Å². The van der Waals surface area contributed by atoms with Crippen LogP contribution < -0.4 is 15.4 Å². The van der Waals surface area contributed by atoms with Gasteiger partial charge in [0.15, 0.2) is 0 Å². The Bertz CT molecular complexity index is 1280. The molecule has 0 heterocycles. The van der Waals surface area contributed by atoms with Crippen LogP contribution in [0.5, 0.6) is 5.75 Å². The van der Waals surface area contributed by atoms with Gasteiger partial charge < -0.3 is 15.4 Å². The Morgan fingerprint density at radius 2 is 1.75 bits per heavy atom. The number of benzene rings is 2. The first-order valence-electron chi connectivity index (χ1n) is 12.9. The molecule has 1 aliphatic rings. The van der Waals surface area contributed by atoms with Gasteiger partial charge in [-0.1, -0.05) is 49.9 Å². The molecule has 1 atom stereocenters. The molecule has 0 bridgehead atoms. The standard InChI is InChI=1S/C27H32ClF3N2O6S/c1-2-17-3-7-19(8-4-17)22(26(35)33-21-11-12-24(23(28)16-21)39-27(29,30)31)15-18-5-9-20(10-6-18)25(34)32-13-14-40(36,37)38/h5-6,9-12,16-17,19,22H,2-4,7-8,13-15H2,1H3,(H,32,34)(H,33,35)(H,36,37,38). The Hall–Kier alpha value is -2.83. The summed E-state index contributed by atoms with van der Waals surface area (Å²) in [6.07, 6.45) is 0.288. The highest BCUT2D eigenvalue weighted by atomic mass is 35.5. The smallest absolute Gasteiger partial charge is 0.404 e. The quantitative estimate of drug-likeness (QED) is 0.276. The molecule has 3 N–H and O–H groups in total. The van der Waals surface area contributed by atoms with Crippen LogP contribution in [0, 0.1) is 17.8 Å². The normalized spacial score (nSPS) is 18.6. The van der Waals surface area contributed by atoms with E-state index in [1.165, 1.54) is 12.1 Å². The van der Waals surface area contributed by atoms with E-state index in [1.54, 1.807) is 24.3 Å². The number of ether oxygens (including phenoxy) is 1. The van der Waals surface area contributed by atoms with Crippen LogP contribution in [-0.2, 0) is 21.3 Å². The molecule has 0 saturated heterocycles. The topological polar surface area (TPSA) is 122 Å². The van der Waals surface area contributed by atoms with Crippen LogP contribution in [0.1, 0.15) is 54.9 Å². The van der Waals surface area contributed by atoms with Crippen LogP contribution >= 0.6 is 11.6 Å². The fourth-order valence-corrected chi connectivity index (χ4v) is 5.51. The number of hydrogen-bond acceptors (Lipinski definition) is 5. The zero-order valence-electron chi connectivity index (χ0n) is 21.8. The Morgan fingerprint density at radius 3 is 2.30 bits per heavy atom. The summed E-state index contributed by atoms with van der Waals surface area (Å²) >= 11 is 5.95. The van der Waals surface area contributed by atoms with Crippen molar-refractivity contribution in [3.63, 3.8) is 0 Å². The first-order chi connectivity index (χ1) is 18.7. The summed E-state index contributed by atoms with van der Waals surface area (Å²) in [5.41, 5.74) is 1.34. The van der Waals surface area contributed by atoms with Crippen molar-refractivity contribution in [3.8, 4) is 5.75 Å². The van der Waals surface area contributed by atoms with Crippen molar-refractivity contribution in [3.05, 3.63) is 58.6 Å². The second kappa shape index (κ2) is 13.7. The number of carbonyl (C=O) groups excluding carboxylic acids is 2. The van der Waals surface area contributed by atoms with Gasteiger partial charge in [-0.2, -0.15) is 8.42 Å². The summed E-state index contributed by atoms with van der Waals surface area (Å²) < 4.78 is 72.0. The van der Waals surface area contributed by atoms with Crippen molar-refractivity contribution < 1.29 is 40.5 Å².